The summed E-state index contributed by atoms with van der Waals surface area (Å²) in [6.07, 6.45) is 10.2. The molecule has 0 aromatic carbocycles. The molecule has 1 N–H and O–H groups in total. The van der Waals surface area contributed by atoms with Gasteiger partial charge in [-0.3, -0.25) is 9.59 Å². The third-order valence-electron chi connectivity index (χ3n) is 8.43. The molecule has 0 aromatic heterocycles. The Labute approximate surface area is 144 Å². The van der Waals surface area contributed by atoms with Crippen LogP contribution in [-0.4, -0.2) is 35.0 Å². The van der Waals surface area contributed by atoms with Crippen LogP contribution in [0.1, 0.15) is 52.4 Å². The van der Waals surface area contributed by atoms with E-state index in [9.17, 15) is 14.7 Å². The topological polar surface area (TPSA) is 57.6 Å². The molecule has 0 aromatic rings. The van der Waals surface area contributed by atoms with Gasteiger partial charge in [0.1, 0.15) is 0 Å². The van der Waals surface area contributed by atoms with Crippen molar-refractivity contribution in [3.05, 3.63) is 12.2 Å². The summed E-state index contributed by atoms with van der Waals surface area (Å²) >= 11 is 0. The summed E-state index contributed by atoms with van der Waals surface area (Å²) in [6.45, 7) is 4.57. The Kier molecular flexibility index (Phi) is 3.43. The van der Waals surface area contributed by atoms with Crippen molar-refractivity contribution in [2.24, 2.45) is 34.5 Å². The third-order valence-corrected chi connectivity index (χ3v) is 8.43. The second-order valence-corrected chi connectivity index (χ2v) is 9.13. The number of fused-ring (bicyclic) bond motifs is 5. The lowest BCUT2D eigenvalue weighted by Gasteiger charge is -2.60. The largest absolute Gasteiger partial charge is 0.481 e. The molecule has 4 aliphatic rings. The number of carboxylic acid groups (broad SMARTS) is 1. The number of carbonyl (C=O) groups excluding carboxylic acids is 1. The maximum absolute atomic E-state index is 12.1. The molecule has 7 atom stereocenters. The lowest BCUT2D eigenvalue weighted by molar-refractivity contribution is -0.152. The Hall–Kier alpha value is -1.32. The van der Waals surface area contributed by atoms with Gasteiger partial charge in [-0.25, -0.2) is 0 Å². The highest BCUT2D eigenvalue weighted by Gasteiger charge is 2.61. The van der Waals surface area contributed by atoms with Crippen LogP contribution in [0.4, 0.5) is 0 Å². The van der Waals surface area contributed by atoms with E-state index in [0.717, 1.165) is 38.5 Å². The van der Waals surface area contributed by atoms with Gasteiger partial charge in [-0.15, -0.1) is 0 Å². The minimum Gasteiger partial charge on any atom is -0.481 e. The van der Waals surface area contributed by atoms with Gasteiger partial charge in [0.2, 0.25) is 5.91 Å². The minimum atomic E-state index is -0.596. The van der Waals surface area contributed by atoms with Gasteiger partial charge in [-0.1, -0.05) is 19.9 Å². The van der Waals surface area contributed by atoms with Crippen molar-refractivity contribution >= 4 is 11.9 Å². The van der Waals surface area contributed by atoms with Gasteiger partial charge in [-0.05, 0) is 67.8 Å². The standard InChI is InChI=1S/C20H29NO3/c1-19-10-8-14-12(13(19)5-6-15(19)18(23)24)4-7-16-20(14,2)11-9-17(22)21(16)3/h9,11-16H,4-8,10H2,1-3H3,(H,23,24)/t12-,13-,14+,15?,16?,19-,20+/m0/s1. The van der Waals surface area contributed by atoms with Gasteiger partial charge in [0, 0.05) is 18.5 Å². The second-order valence-electron chi connectivity index (χ2n) is 9.13. The maximum Gasteiger partial charge on any atom is 0.307 e. The van der Waals surface area contributed by atoms with Crippen LogP contribution in [0.3, 0.4) is 0 Å². The zero-order valence-corrected chi connectivity index (χ0v) is 15.0. The van der Waals surface area contributed by atoms with E-state index < -0.39 is 5.97 Å². The number of nitrogens with zero attached hydrogens (tertiary/aromatic N) is 1. The fraction of sp³-hybridized carbons (Fsp3) is 0.800. The van der Waals surface area contributed by atoms with Gasteiger partial charge in [0.15, 0.2) is 0 Å². The first-order valence-electron chi connectivity index (χ1n) is 9.48. The van der Waals surface area contributed by atoms with Crippen molar-refractivity contribution in [2.45, 2.75) is 58.4 Å². The molecule has 1 aliphatic heterocycles. The molecule has 3 saturated carbocycles. The van der Waals surface area contributed by atoms with Crippen molar-refractivity contribution in [1.82, 2.24) is 4.90 Å². The molecule has 4 heteroatoms. The number of carbonyl (C=O) groups is 2. The van der Waals surface area contributed by atoms with Crippen LogP contribution >= 0.6 is 0 Å². The molecule has 2 unspecified atom stereocenters. The van der Waals surface area contributed by atoms with E-state index in [1.165, 1.54) is 0 Å². The van der Waals surface area contributed by atoms with Gasteiger partial charge < -0.3 is 10.0 Å². The lowest BCUT2D eigenvalue weighted by atomic mass is 9.47. The zero-order chi connectivity index (χ0) is 17.3. The first-order valence-corrected chi connectivity index (χ1v) is 9.48. The molecule has 24 heavy (non-hydrogen) atoms. The van der Waals surface area contributed by atoms with Crippen molar-refractivity contribution < 1.29 is 14.7 Å². The van der Waals surface area contributed by atoms with Crippen molar-refractivity contribution in [3.63, 3.8) is 0 Å². The number of aliphatic carboxylic acids is 1. The highest BCUT2D eigenvalue weighted by molar-refractivity contribution is 5.89. The van der Waals surface area contributed by atoms with E-state index in [1.54, 1.807) is 6.08 Å². The van der Waals surface area contributed by atoms with E-state index >= 15 is 0 Å². The van der Waals surface area contributed by atoms with Crippen LogP contribution in [-0.2, 0) is 9.59 Å². The summed E-state index contributed by atoms with van der Waals surface area (Å²) in [4.78, 5) is 25.8. The number of hydrogen-bond donors (Lipinski definition) is 1. The highest BCUT2D eigenvalue weighted by atomic mass is 16.4. The Balaban J connectivity index is 1.68. The van der Waals surface area contributed by atoms with Crippen LogP contribution in [0.5, 0.6) is 0 Å². The predicted molar refractivity (Wildman–Crippen MR) is 91.2 cm³/mol. The monoisotopic (exact) mass is 331 g/mol. The fourth-order valence-corrected chi connectivity index (χ4v) is 7.14. The number of carboxylic acids is 1. The number of amides is 1. The van der Waals surface area contributed by atoms with Crippen LogP contribution in [0.2, 0.25) is 0 Å². The average Bonchev–Trinajstić information content (AvgIpc) is 2.89. The third kappa shape index (κ3) is 1.91. The van der Waals surface area contributed by atoms with Crippen LogP contribution in [0.15, 0.2) is 12.2 Å². The van der Waals surface area contributed by atoms with Gasteiger partial charge in [-0.2, -0.15) is 0 Å². The molecule has 3 fully saturated rings. The summed E-state index contributed by atoms with van der Waals surface area (Å²) < 4.78 is 0. The van der Waals surface area contributed by atoms with E-state index in [1.807, 2.05) is 11.9 Å². The van der Waals surface area contributed by atoms with Gasteiger partial charge in [0.25, 0.3) is 0 Å². The minimum absolute atomic E-state index is 0.0314. The van der Waals surface area contributed by atoms with Crippen molar-refractivity contribution in [3.8, 4) is 0 Å². The molecular formula is C20H29NO3. The molecular weight excluding hydrogens is 302 g/mol. The number of hydrogen-bond acceptors (Lipinski definition) is 2. The summed E-state index contributed by atoms with van der Waals surface area (Å²) in [5, 5.41) is 9.66. The Morgan fingerprint density at radius 3 is 2.62 bits per heavy atom. The molecule has 0 radical (unpaired) electrons. The van der Waals surface area contributed by atoms with E-state index in [2.05, 4.69) is 19.9 Å². The number of likely N-dealkylation sites (N-methyl/N-ethyl adjacent to an activating group) is 1. The predicted octanol–water partition coefficient (Wildman–Crippen LogP) is 3.33. The molecule has 0 bridgehead atoms. The Morgan fingerprint density at radius 1 is 1.17 bits per heavy atom. The maximum atomic E-state index is 12.1. The summed E-state index contributed by atoms with van der Waals surface area (Å²) in [5.74, 6) is 1.09. The number of rotatable bonds is 1. The smallest absolute Gasteiger partial charge is 0.307 e. The van der Waals surface area contributed by atoms with Crippen LogP contribution in [0, 0.1) is 34.5 Å². The lowest BCUT2D eigenvalue weighted by Crippen LogP contribution is -2.59. The van der Waals surface area contributed by atoms with Crippen molar-refractivity contribution in [2.75, 3.05) is 7.05 Å². The molecule has 4 rings (SSSR count). The highest BCUT2D eigenvalue weighted by Crippen LogP contribution is 2.65. The fourth-order valence-electron chi connectivity index (χ4n) is 7.14. The van der Waals surface area contributed by atoms with Gasteiger partial charge >= 0.3 is 5.97 Å². The molecule has 132 valence electrons. The average molecular weight is 331 g/mol. The normalized spacial score (nSPS) is 50.2. The Bertz CT molecular complexity index is 614. The summed E-state index contributed by atoms with van der Waals surface area (Å²) in [6, 6.07) is 0.303. The summed E-state index contributed by atoms with van der Waals surface area (Å²) in [7, 11) is 1.94. The second kappa shape index (κ2) is 5.09. The van der Waals surface area contributed by atoms with E-state index in [-0.39, 0.29) is 22.7 Å². The molecule has 1 heterocycles. The molecule has 1 amide bonds. The zero-order valence-electron chi connectivity index (χ0n) is 15.0. The van der Waals surface area contributed by atoms with Crippen molar-refractivity contribution in [1.29, 1.82) is 0 Å². The molecule has 0 saturated heterocycles. The molecule has 4 nitrogen and oxygen atoms in total. The first-order chi connectivity index (χ1) is 11.3. The molecule has 3 aliphatic carbocycles. The molecule has 0 spiro atoms. The van der Waals surface area contributed by atoms with Crippen LogP contribution < -0.4 is 0 Å². The summed E-state index contributed by atoms with van der Waals surface area (Å²) in [5.41, 5.74) is 0.0184. The first kappa shape index (κ1) is 16.2. The quantitative estimate of drug-likeness (QED) is 0.802. The Morgan fingerprint density at radius 2 is 1.92 bits per heavy atom. The van der Waals surface area contributed by atoms with Crippen LogP contribution in [0.25, 0.3) is 0 Å². The SMILES string of the molecule is CN1C(=O)C=C[C@@]2(C)C1CC[C@@H]1[C@H]2CC[C@]2(C)C(C(=O)O)CC[C@@H]12. The van der Waals surface area contributed by atoms with E-state index in [0.29, 0.717) is 23.8 Å². The van der Waals surface area contributed by atoms with Gasteiger partial charge in [0.05, 0.1) is 5.92 Å². The van der Waals surface area contributed by atoms with E-state index in [4.69, 9.17) is 0 Å².